The number of rotatable bonds is 13. The second-order valence-corrected chi connectivity index (χ2v) is 17.9. The Labute approximate surface area is 310 Å². The smallest absolute Gasteiger partial charge is 0.410 e. The van der Waals surface area contributed by atoms with Crippen molar-refractivity contribution in [2.24, 2.45) is 17.1 Å². The summed E-state index contributed by atoms with van der Waals surface area (Å²) in [6.45, 7) is 19.9. The second-order valence-electron chi connectivity index (χ2n) is 16.2. The van der Waals surface area contributed by atoms with Crippen LogP contribution in [0.2, 0.25) is 0 Å². The summed E-state index contributed by atoms with van der Waals surface area (Å²) in [5, 5.41) is 2.97. The van der Waals surface area contributed by atoms with Gasteiger partial charge in [-0.25, -0.2) is 17.9 Å². The number of carbonyl (C=O) groups is 4. The number of sulfonamides is 1. The molecule has 0 unspecified atom stereocenters. The van der Waals surface area contributed by atoms with Gasteiger partial charge < -0.3 is 20.7 Å². The van der Waals surface area contributed by atoms with Gasteiger partial charge in [0.1, 0.15) is 17.7 Å². The first-order valence-electron chi connectivity index (χ1n) is 17.4. The van der Waals surface area contributed by atoms with Crippen LogP contribution in [-0.2, 0) is 41.1 Å². The largest absolute Gasteiger partial charge is 0.444 e. The number of likely N-dealkylation sites (N-methyl/N-ethyl adjacent to an activating group) is 2. The lowest BCUT2D eigenvalue weighted by atomic mass is 9.76. The van der Waals surface area contributed by atoms with E-state index in [2.05, 4.69) is 10.0 Å². The Morgan fingerprint density at radius 3 is 1.87 bits per heavy atom. The normalized spacial score (nSPS) is 14.6. The summed E-state index contributed by atoms with van der Waals surface area (Å²) < 4.78 is 33.7. The third-order valence-corrected chi connectivity index (χ3v) is 10.2. The molecule has 0 heterocycles. The minimum atomic E-state index is -4.18. The monoisotopic (exact) mass is 741 g/mol. The zero-order valence-electron chi connectivity index (χ0n) is 33.0. The molecule has 0 radical (unpaired) electrons. The van der Waals surface area contributed by atoms with Crippen molar-refractivity contribution in [2.45, 2.75) is 117 Å². The lowest BCUT2D eigenvalue weighted by molar-refractivity contribution is -0.141. The first kappa shape index (κ1) is 43.9. The van der Waals surface area contributed by atoms with Crippen molar-refractivity contribution in [3.05, 3.63) is 77.4 Å². The zero-order valence-corrected chi connectivity index (χ0v) is 33.8. The molecule has 52 heavy (non-hydrogen) atoms. The van der Waals surface area contributed by atoms with Gasteiger partial charge in [-0.15, -0.1) is 0 Å². The average molecular weight is 742 g/mol. The Balaban J connectivity index is 2.47. The van der Waals surface area contributed by atoms with Crippen molar-refractivity contribution in [2.75, 3.05) is 14.1 Å². The topological polar surface area (TPSA) is 168 Å². The van der Waals surface area contributed by atoms with Crippen molar-refractivity contribution < 1.29 is 32.3 Å². The SMILES string of the molecule is C/C(=C\[C@H](C(C)C)N(C)C(=O)[C@@H](NC(=O)[C@@H](N(C)C(=O)OC(C)(C)C)C(C)(C)c1ccccc1)C(C)(C)C)C(=O)NS(=O)(=O)c1ccc(CN)cc1. The minimum absolute atomic E-state index is 0.0838. The third kappa shape index (κ3) is 11.4. The summed E-state index contributed by atoms with van der Waals surface area (Å²) in [7, 11) is -1.10. The number of ether oxygens (including phenoxy) is 1. The first-order chi connectivity index (χ1) is 23.7. The summed E-state index contributed by atoms with van der Waals surface area (Å²) in [5.41, 5.74) is 4.70. The van der Waals surface area contributed by atoms with E-state index in [1.54, 1.807) is 46.0 Å². The molecule has 0 aliphatic heterocycles. The molecule has 12 nitrogen and oxygen atoms in total. The fourth-order valence-electron chi connectivity index (χ4n) is 5.82. The van der Waals surface area contributed by atoms with Gasteiger partial charge in [0.25, 0.3) is 15.9 Å². The van der Waals surface area contributed by atoms with Gasteiger partial charge in [-0.1, -0.05) is 97.0 Å². The van der Waals surface area contributed by atoms with Crippen LogP contribution < -0.4 is 15.8 Å². The molecule has 0 aliphatic rings. The van der Waals surface area contributed by atoms with Crippen LogP contribution >= 0.6 is 0 Å². The third-order valence-electron chi connectivity index (χ3n) is 8.87. The molecule has 0 aliphatic carbocycles. The molecule has 2 aromatic carbocycles. The van der Waals surface area contributed by atoms with Crippen LogP contribution in [0, 0.1) is 11.3 Å². The quantitative estimate of drug-likeness (QED) is 0.238. The van der Waals surface area contributed by atoms with Crippen LogP contribution in [0.15, 0.2) is 71.1 Å². The number of benzene rings is 2. The highest BCUT2D eigenvalue weighted by atomic mass is 32.2. The van der Waals surface area contributed by atoms with Gasteiger partial charge in [-0.05, 0) is 62.3 Å². The van der Waals surface area contributed by atoms with Gasteiger partial charge in [0.05, 0.1) is 10.9 Å². The molecule has 2 aromatic rings. The van der Waals surface area contributed by atoms with Gasteiger partial charge in [0, 0.05) is 31.6 Å². The zero-order chi connectivity index (χ0) is 40.0. The number of nitrogens with one attached hydrogen (secondary N) is 2. The van der Waals surface area contributed by atoms with Gasteiger partial charge in [0.2, 0.25) is 11.8 Å². The second kappa shape index (κ2) is 17.1. The van der Waals surface area contributed by atoms with Crippen molar-refractivity contribution in [3.8, 4) is 0 Å². The van der Waals surface area contributed by atoms with Crippen LogP contribution in [0.5, 0.6) is 0 Å². The van der Waals surface area contributed by atoms with Crippen LogP contribution in [0.3, 0.4) is 0 Å². The van der Waals surface area contributed by atoms with E-state index in [1.807, 2.05) is 78.8 Å². The highest BCUT2D eigenvalue weighted by Gasteiger charge is 2.46. The molecule has 0 fully saturated rings. The Hall–Kier alpha value is -4.23. The Kier molecular flexibility index (Phi) is 14.4. The molecule has 0 saturated heterocycles. The minimum Gasteiger partial charge on any atom is -0.444 e. The van der Waals surface area contributed by atoms with Crippen molar-refractivity contribution in [1.82, 2.24) is 19.8 Å². The number of carbonyl (C=O) groups excluding carboxylic acids is 4. The molecule has 13 heteroatoms. The van der Waals surface area contributed by atoms with Crippen LogP contribution in [0.4, 0.5) is 4.79 Å². The van der Waals surface area contributed by atoms with Gasteiger partial charge in [0.15, 0.2) is 0 Å². The Bertz CT molecular complexity index is 1710. The number of amides is 4. The molecule has 0 spiro atoms. The van der Waals surface area contributed by atoms with E-state index in [9.17, 15) is 27.6 Å². The van der Waals surface area contributed by atoms with Crippen molar-refractivity contribution >= 4 is 33.8 Å². The Morgan fingerprint density at radius 1 is 0.865 bits per heavy atom. The summed E-state index contributed by atoms with van der Waals surface area (Å²) in [6.07, 6.45) is 0.852. The number of nitrogens with two attached hydrogens (primary N) is 1. The van der Waals surface area contributed by atoms with Crippen LogP contribution in [-0.4, -0.2) is 79.9 Å². The highest BCUT2D eigenvalue weighted by molar-refractivity contribution is 7.90. The number of nitrogens with zero attached hydrogens (tertiary/aromatic N) is 2. The predicted octanol–water partition coefficient (Wildman–Crippen LogP) is 5.12. The van der Waals surface area contributed by atoms with Gasteiger partial charge in [-0.3, -0.25) is 19.3 Å². The standard InChI is InChI=1S/C39H59N5O7S/c1-25(2)30(23-26(3)33(45)42-52(49,50)29-21-19-27(24-40)20-22-29)43(12)35(47)31(37(4,5)6)41-34(46)32(44(13)36(48)51-38(7,8)9)39(10,11)28-17-15-14-16-18-28/h14-23,25,30-32H,24,40H2,1-13H3,(H,41,46)(H,42,45)/b26-23+/t30-,31-,32-/m1/s1. The first-order valence-corrected chi connectivity index (χ1v) is 18.9. The molecule has 4 N–H and O–H groups in total. The fourth-order valence-corrected chi connectivity index (χ4v) is 6.84. The number of hydrogen-bond acceptors (Lipinski definition) is 8. The average Bonchev–Trinajstić information content (AvgIpc) is 3.04. The van der Waals surface area contributed by atoms with E-state index < -0.39 is 68.4 Å². The number of hydrogen-bond donors (Lipinski definition) is 3. The molecule has 288 valence electrons. The highest BCUT2D eigenvalue weighted by Crippen LogP contribution is 2.32. The van der Waals surface area contributed by atoms with E-state index >= 15 is 0 Å². The molecular weight excluding hydrogens is 683 g/mol. The van der Waals surface area contributed by atoms with E-state index in [0.717, 1.165) is 11.1 Å². The van der Waals surface area contributed by atoms with E-state index in [0.29, 0.717) is 0 Å². The lowest BCUT2D eigenvalue weighted by Crippen LogP contribution is -2.63. The van der Waals surface area contributed by atoms with Gasteiger partial charge >= 0.3 is 6.09 Å². The Morgan fingerprint density at radius 2 is 1.40 bits per heavy atom. The maximum Gasteiger partial charge on any atom is 0.410 e. The van der Waals surface area contributed by atoms with E-state index in [4.69, 9.17) is 10.5 Å². The lowest BCUT2D eigenvalue weighted by Gasteiger charge is -2.42. The molecule has 2 rings (SSSR count). The summed E-state index contributed by atoms with van der Waals surface area (Å²) >= 11 is 0. The summed E-state index contributed by atoms with van der Waals surface area (Å²) in [6, 6.07) is 12.4. The molecule has 0 saturated carbocycles. The molecule has 4 amide bonds. The molecular formula is C39H59N5O7S. The predicted molar refractivity (Wildman–Crippen MR) is 203 cm³/mol. The summed E-state index contributed by atoms with van der Waals surface area (Å²) in [5.74, 6) is -2.05. The fraction of sp³-hybridized carbons (Fsp3) is 0.538. The summed E-state index contributed by atoms with van der Waals surface area (Å²) in [4.78, 5) is 58.0. The van der Waals surface area contributed by atoms with Gasteiger partial charge in [-0.2, -0.15) is 0 Å². The van der Waals surface area contributed by atoms with Crippen LogP contribution in [0.25, 0.3) is 0 Å². The van der Waals surface area contributed by atoms with Crippen molar-refractivity contribution in [3.63, 3.8) is 0 Å². The van der Waals surface area contributed by atoms with Crippen LogP contribution in [0.1, 0.15) is 87.3 Å². The molecule has 0 aromatic heterocycles. The molecule has 0 bridgehead atoms. The maximum absolute atomic E-state index is 14.5. The van der Waals surface area contributed by atoms with Crippen molar-refractivity contribution in [1.29, 1.82) is 0 Å². The van der Waals surface area contributed by atoms with E-state index in [-0.39, 0.29) is 22.9 Å². The van der Waals surface area contributed by atoms with E-state index in [1.165, 1.54) is 35.9 Å². The maximum atomic E-state index is 14.5. The molecule has 3 atom stereocenters.